The molecular weight excluding hydrogens is 254 g/mol. The molecule has 1 aliphatic rings. The van der Waals surface area contributed by atoms with Crippen LogP contribution in [-0.4, -0.2) is 45.0 Å². The molecule has 0 unspecified atom stereocenters. The molecule has 7 nitrogen and oxygen atoms in total. The monoisotopic (exact) mass is 267 g/mol. The highest BCUT2D eigenvalue weighted by Gasteiger charge is 2.45. The van der Waals surface area contributed by atoms with Crippen LogP contribution in [0.2, 0.25) is 0 Å². The first-order chi connectivity index (χ1) is 9.13. The maximum atomic E-state index is 12.1. The number of fused-ring (bicyclic) bond motifs is 1. The second-order valence-electron chi connectivity index (χ2n) is 4.45. The molecule has 0 bridgehead atoms. The standard InChI is InChI=1S/C12H13NO6/c14-5-8-9(15)10(16)12(18-8)13-11(17)6-3-1-2-4-7(6)19-13/h1-4,8-10,12,14-16H,5H2/t8-,9-,10+,12+/m1/s1. The van der Waals surface area contributed by atoms with Gasteiger partial charge in [-0.05, 0) is 12.1 Å². The molecule has 0 aliphatic carbocycles. The molecule has 1 aromatic carbocycles. The van der Waals surface area contributed by atoms with Gasteiger partial charge in [-0.2, -0.15) is 0 Å². The lowest BCUT2D eigenvalue weighted by molar-refractivity contribution is -0.0864. The molecular formula is C12H13NO6. The van der Waals surface area contributed by atoms with E-state index >= 15 is 0 Å². The maximum Gasteiger partial charge on any atom is 0.292 e. The van der Waals surface area contributed by atoms with Gasteiger partial charge in [-0.15, -0.1) is 4.74 Å². The zero-order valence-corrected chi connectivity index (χ0v) is 9.84. The summed E-state index contributed by atoms with van der Waals surface area (Å²) in [4.78, 5) is 12.1. The highest BCUT2D eigenvalue weighted by Crippen LogP contribution is 2.29. The van der Waals surface area contributed by atoms with E-state index in [1.54, 1.807) is 24.3 Å². The first-order valence-corrected chi connectivity index (χ1v) is 5.86. The Morgan fingerprint density at radius 3 is 2.58 bits per heavy atom. The molecule has 3 rings (SSSR count). The summed E-state index contributed by atoms with van der Waals surface area (Å²) in [6.07, 6.45) is -4.70. The highest BCUT2D eigenvalue weighted by atomic mass is 16.6. The van der Waals surface area contributed by atoms with Crippen LogP contribution in [0.4, 0.5) is 0 Å². The van der Waals surface area contributed by atoms with Crippen LogP contribution in [0.15, 0.2) is 33.6 Å². The minimum Gasteiger partial charge on any atom is -0.394 e. The van der Waals surface area contributed by atoms with Crippen LogP contribution in [0.1, 0.15) is 6.23 Å². The van der Waals surface area contributed by atoms with Gasteiger partial charge in [0.25, 0.3) is 5.56 Å². The molecule has 0 saturated carbocycles. The van der Waals surface area contributed by atoms with E-state index in [1.165, 1.54) is 0 Å². The van der Waals surface area contributed by atoms with Gasteiger partial charge in [0.15, 0.2) is 11.8 Å². The normalized spacial score (nSPS) is 31.1. The Morgan fingerprint density at radius 1 is 1.21 bits per heavy atom. The number of aromatic nitrogens is 1. The van der Waals surface area contributed by atoms with E-state index in [2.05, 4.69) is 0 Å². The van der Waals surface area contributed by atoms with Gasteiger partial charge in [0.1, 0.15) is 18.3 Å². The minimum absolute atomic E-state index is 0.361. The fraction of sp³-hybridized carbons (Fsp3) is 0.417. The number of aliphatic hydroxyl groups is 3. The van der Waals surface area contributed by atoms with Gasteiger partial charge in [-0.1, -0.05) is 12.1 Å². The van der Waals surface area contributed by atoms with E-state index in [-0.39, 0.29) is 0 Å². The Kier molecular flexibility index (Phi) is 2.90. The average molecular weight is 267 g/mol. The van der Waals surface area contributed by atoms with Gasteiger partial charge < -0.3 is 24.6 Å². The van der Waals surface area contributed by atoms with Crippen LogP contribution in [0.5, 0.6) is 0 Å². The summed E-state index contributed by atoms with van der Waals surface area (Å²) in [5, 5.41) is 28.9. The molecule has 3 N–H and O–H groups in total. The van der Waals surface area contributed by atoms with Crippen LogP contribution in [0, 0.1) is 0 Å². The smallest absolute Gasteiger partial charge is 0.292 e. The van der Waals surface area contributed by atoms with Crippen LogP contribution in [0.25, 0.3) is 11.0 Å². The molecule has 1 saturated heterocycles. The summed E-state index contributed by atoms with van der Waals surface area (Å²) in [5.74, 6) is 0. The molecule has 7 heteroatoms. The Hall–Kier alpha value is -1.67. The zero-order chi connectivity index (χ0) is 13.6. The fourth-order valence-electron chi connectivity index (χ4n) is 2.23. The lowest BCUT2D eigenvalue weighted by Crippen LogP contribution is -2.34. The number of aliphatic hydroxyl groups excluding tert-OH is 3. The molecule has 4 atom stereocenters. The third-order valence-electron chi connectivity index (χ3n) is 3.26. The van der Waals surface area contributed by atoms with Gasteiger partial charge in [0, 0.05) is 0 Å². The Labute approximate surface area is 107 Å². The average Bonchev–Trinajstić information content (AvgIpc) is 2.90. The molecule has 0 amide bonds. The molecule has 1 aromatic heterocycles. The van der Waals surface area contributed by atoms with Crippen molar-refractivity contribution in [2.45, 2.75) is 24.5 Å². The summed E-state index contributed by atoms with van der Waals surface area (Å²) >= 11 is 0. The maximum absolute atomic E-state index is 12.1. The first kappa shape index (κ1) is 12.4. The molecule has 2 aromatic rings. The Morgan fingerprint density at radius 2 is 1.95 bits per heavy atom. The topological polar surface area (TPSA) is 105 Å². The number of hydrogen-bond donors (Lipinski definition) is 3. The van der Waals surface area contributed by atoms with E-state index in [4.69, 9.17) is 14.4 Å². The van der Waals surface area contributed by atoms with Gasteiger partial charge in [-0.3, -0.25) is 4.79 Å². The second kappa shape index (κ2) is 4.46. The van der Waals surface area contributed by atoms with Crippen molar-refractivity contribution in [2.24, 2.45) is 0 Å². The quantitative estimate of drug-likeness (QED) is 0.658. The van der Waals surface area contributed by atoms with Gasteiger partial charge in [0.05, 0.1) is 12.0 Å². The van der Waals surface area contributed by atoms with Crippen LogP contribution in [-0.2, 0) is 4.74 Å². The lowest BCUT2D eigenvalue weighted by Gasteiger charge is -2.13. The molecule has 2 heterocycles. The highest BCUT2D eigenvalue weighted by molar-refractivity contribution is 5.75. The third kappa shape index (κ3) is 1.79. The summed E-state index contributed by atoms with van der Waals surface area (Å²) in [5.41, 5.74) is -0.0873. The summed E-state index contributed by atoms with van der Waals surface area (Å²) in [6, 6.07) is 6.63. The molecule has 1 fully saturated rings. The zero-order valence-electron chi connectivity index (χ0n) is 9.84. The van der Waals surface area contributed by atoms with Gasteiger partial charge >= 0.3 is 0 Å². The summed E-state index contributed by atoms with van der Waals surface area (Å²) in [7, 11) is 0. The molecule has 102 valence electrons. The van der Waals surface area contributed by atoms with Crippen LogP contribution < -0.4 is 5.56 Å². The molecule has 0 spiro atoms. The number of ether oxygens (including phenoxy) is 1. The Balaban J connectivity index is 2.06. The third-order valence-corrected chi connectivity index (χ3v) is 3.26. The fourth-order valence-corrected chi connectivity index (χ4v) is 2.23. The number of nitrogens with zero attached hydrogens (tertiary/aromatic N) is 1. The van der Waals surface area contributed by atoms with E-state index < -0.39 is 36.7 Å². The molecule has 19 heavy (non-hydrogen) atoms. The minimum atomic E-state index is -1.34. The van der Waals surface area contributed by atoms with Crippen molar-refractivity contribution in [3.63, 3.8) is 0 Å². The van der Waals surface area contributed by atoms with Crippen LogP contribution >= 0.6 is 0 Å². The first-order valence-electron chi connectivity index (χ1n) is 5.86. The molecule has 0 radical (unpaired) electrons. The van der Waals surface area contributed by atoms with Crippen molar-refractivity contribution in [3.05, 3.63) is 34.6 Å². The van der Waals surface area contributed by atoms with Crippen molar-refractivity contribution in [1.29, 1.82) is 0 Å². The number of para-hydroxylation sites is 1. The largest absolute Gasteiger partial charge is 0.394 e. The molecule has 1 aliphatic heterocycles. The van der Waals surface area contributed by atoms with Crippen molar-refractivity contribution in [3.8, 4) is 0 Å². The predicted octanol–water partition coefficient (Wildman–Crippen LogP) is -0.794. The van der Waals surface area contributed by atoms with Crippen LogP contribution in [0.3, 0.4) is 0 Å². The van der Waals surface area contributed by atoms with E-state index in [9.17, 15) is 15.0 Å². The van der Waals surface area contributed by atoms with Crippen molar-refractivity contribution >= 4 is 11.0 Å². The number of hydrogen-bond acceptors (Lipinski definition) is 6. The van der Waals surface area contributed by atoms with Crippen molar-refractivity contribution in [2.75, 3.05) is 6.61 Å². The van der Waals surface area contributed by atoms with E-state index in [0.717, 1.165) is 4.74 Å². The van der Waals surface area contributed by atoms with Gasteiger partial charge in [-0.25, -0.2) is 0 Å². The van der Waals surface area contributed by atoms with E-state index in [0.29, 0.717) is 11.0 Å². The van der Waals surface area contributed by atoms with Gasteiger partial charge in [0.2, 0.25) is 0 Å². The lowest BCUT2D eigenvalue weighted by atomic mass is 10.1. The van der Waals surface area contributed by atoms with Crippen molar-refractivity contribution < 1.29 is 24.6 Å². The second-order valence-corrected chi connectivity index (χ2v) is 4.45. The summed E-state index contributed by atoms with van der Waals surface area (Å²) in [6.45, 7) is -0.455. The number of rotatable bonds is 2. The Bertz CT molecular complexity index is 647. The SMILES string of the molecule is O=c1c2ccccc2on1[C@H]1O[C@H](CO)[C@@H](O)[C@@H]1O. The van der Waals surface area contributed by atoms with E-state index in [1.807, 2.05) is 0 Å². The summed E-state index contributed by atoms with van der Waals surface area (Å²) < 4.78 is 11.5. The predicted molar refractivity (Wildman–Crippen MR) is 63.5 cm³/mol. The number of benzene rings is 1. The van der Waals surface area contributed by atoms with Crippen molar-refractivity contribution in [1.82, 2.24) is 4.74 Å².